The first kappa shape index (κ1) is 9.97. The predicted molar refractivity (Wildman–Crippen MR) is 61.7 cm³/mol. The van der Waals surface area contributed by atoms with E-state index in [1.54, 1.807) is 0 Å². The number of nitrogens with one attached hydrogen (secondary N) is 1. The Balaban J connectivity index is 1.67. The minimum absolute atomic E-state index is 0.357. The van der Waals surface area contributed by atoms with E-state index in [4.69, 9.17) is 9.47 Å². The van der Waals surface area contributed by atoms with Gasteiger partial charge in [-0.25, -0.2) is 0 Å². The largest absolute Gasteiger partial charge is 0.454 e. The highest BCUT2D eigenvalue weighted by atomic mass is 16.7. The minimum atomic E-state index is 0.357. The van der Waals surface area contributed by atoms with Crippen molar-refractivity contribution >= 4 is 0 Å². The van der Waals surface area contributed by atoms with E-state index in [-0.39, 0.29) is 0 Å². The number of para-hydroxylation sites is 1. The van der Waals surface area contributed by atoms with Gasteiger partial charge in [-0.05, 0) is 18.9 Å². The molecule has 1 aromatic rings. The molecule has 16 heavy (non-hydrogen) atoms. The molecule has 0 unspecified atom stereocenters. The van der Waals surface area contributed by atoms with Gasteiger partial charge in [0, 0.05) is 18.2 Å². The predicted octanol–water partition coefficient (Wildman–Crippen LogP) is 2.45. The van der Waals surface area contributed by atoms with Crippen LogP contribution >= 0.6 is 0 Å². The van der Waals surface area contributed by atoms with Crippen molar-refractivity contribution in [3.05, 3.63) is 23.8 Å². The molecule has 1 saturated carbocycles. The van der Waals surface area contributed by atoms with Crippen molar-refractivity contribution in [1.82, 2.24) is 5.32 Å². The van der Waals surface area contributed by atoms with Gasteiger partial charge in [0.2, 0.25) is 6.79 Å². The van der Waals surface area contributed by atoms with Crippen LogP contribution in [0.2, 0.25) is 0 Å². The molecule has 1 aliphatic carbocycles. The SMILES string of the molecule is c1cc(CNC2CCCC2)c2c(c1)OCO2. The Kier molecular flexibility index (Phi) is 2.70. The third kappa shape index (κ3) is 1.87. The zero-order valence-corrected chi connectivity index (χ0v) is 9.37. The second kappa shape index (κ2) is 4.34. The Morgan fingerprint density at radius 1 is 1.19 bits per heavy atom. The molecule has 0 aromatic heterocycles. The Hall–Kier alpha value is -1.22. The maximum atomic E-state index is 5.48. The average molecular weight is 219 g/mol. The summed E-state index contributed by atoms with van der Waals surface area (Å²) in [7, 11) is 0. The average Bonchev–Trinajstić information content (AvgIpc) is 2.97. The van der Waals surface area contributed by atoms with E-state index in [1.165, 1.54) is 31.2 Å². The summed E-state index contributed by atoms with van der Waals surface area (Å²) in [6, 6.07) is 6.79. The van der Waals surface area contributed by atoms with E-state index >= 15 is 0 Å². The van der Waals surface area contributed by atoms with Gasteiger partial charge in [-0.3, -0.25) is 0 Å². The summed E-state index contributed by atoms with van der Waals surface area (Å²) >= 11 is 0. The maximum Gasteiger partial charge on any atom is 0.231 e. The number of hydrogen-bond acceptors (Lipinski definition) is 3. The van der Waals surface area contributed by atoms with Gasteiger partial charge in [-0.1, -0.05) is 25.0 Å². The molecule has 1 N–H and O–H groups in total. The van der Waals surface area contributed by atoms with Crippen molar-refractivity contribution in [3.63, 3.8) is 0 Å². The minimum Gasteiger partial charge on any atom is -0.454 e. The first-order valence-electron chi connectivity index (χ1n) is 6.04. The van der Waals surface area contributed by atoms with Crippen molar-refractivity contribution < 1.29 is 9.47 Å². The normalized spacial score (nSPS) is 19.2. The van der Waals surface area contributed by atoms with Crippen LogP contribution in [0.3, 0.4) is 0 Å². The molecule has 1 heterocycles. The Bertz CT molecular complexity index is 372. The first-order chi connectivity index (χ1) is 7.93. The van der Waals surface area contributed by atoms with Crippen molar-refractivity contribution in [3.8, 4) is 11.5 Å². The van der Waals surface area contributed by atoms with E-state index in [9.17, 15) is 0 Å². The topological polar surface area (TPSA) is 30.5 Å². The Morgan fingerprint density at radius 3 is 2.94 bits per heavy atom. The molecule has 3 heteroatoms. The summed E-state index contributed by atoms with van der Waals surface area (Å²) in [5.74, 6) is 1.80. The fourth-order valence-corrected chi connectivity index (χ4v) is 2.51. The lowest BCUT2D eigenvalue weighted by molar-refractivity contribution is 0.173. The molecule has 86 valence electrons. The molecule has 0 amide bonds. The molecule has 1 fully saturated rings. The molecule has 3 nitrogen and oxygen atoms in total. The maximum absolute atomic E-state index is 5.48. The van der Waals surface area contributed by atoms with Gasteiger partial charge in [0.1, 0.15) is 0 Å². The standard InChI is InChI=1S/C13H17NO2/c1-2-6-11(5-1)14-8-10-4-3-7-12-13(10)16-9-15-12/h3-4,7,11,14H,1-2,5-6,8-9H2. The summed E-state index contributed by atoms with van der Waals surface area (Å²) in [4.78, 5) is 0. The van der Waals surface area contributed by atoms with Crippen molar-refractivity contribution in [2.45, 2.75) is 38.3 Å². The second-order valence-corrected chi connectivity index (χ2v) is 4.51. The molecule has 0 saturated heterocycles. The van der Waals surface area contributed by atoms with Crippen LogP contribution in [0.1, 0.15) is 31.2 Å². The molecule has 0 radical (unpaired) electrons. The van der Waals surface area contributed by atoms with E-state index in [1.807, 2.05) is 12.1 Å². The third-order valence-electron chi connectivity index (χ3n) is 3.41. The second-order valence-electron chi connectivity index (χ2n) is 4.51. The molecule has 3 rings (SSSR count). The van der Waals surface area contributed by atoms with Crippen molar-refractivity contribution in [2.24, 2.45) is 0 Å². The van der Waals surface area contributed by atoms with Crippen LogP contribution in [0, 0.1) is 0 Å². The molecule has 1 aromatic carbocycles. The monoisotopic (exact) mass is 219 g/mol. The van der Waals surface area contributed by atoms with Crippen LogP contribution in [0.15, 0.2) is 18.2 Å². The third-order valence-corrected chi connectivity index (χ3v) is 3.41. The van der Waals surface area contributed by atoms with Gasteiger partial charge in [0.15, 0.2) is 11.5 Å². The lowest BCUT2D eigenvalue weighted by atomic mass is 10.1. The van der Waals surface area contributed by atoms with Crippen LogP contribution in [0.25, 0.3) is 0 Å². The number of rotatable bonds is 3. The van der Waals surface area contributed by atoms with Gasteiger partial charge in [0.25, 0.3) is 0 Å². The van der Waals surface area contributed by atoms with E-state index in [0.29, 0.717) is 12.8 Å². The molecule has 1 aliphatic heterocycles. The van der Waals surface area contributed by atoms with E-state index in [2.05, 4.69) is 11.4 Å². The number of benzene rings is 1. The zero-order valence-electron chi connectivity index (χ0n) is 9.37. The summed E-state index contributed by atoms with van der Waals surface area (Å²) in [5, 5.41) is 3.59. The number of ether oxygens (including phenoxy) is 2. The van der Waals surface area contributed by atoms with E-state index < -0.39 is 0 Å². The van der Waals surface area contributed by atoms with Gasteiger partial charge in [-0.15, -0.1) is 0 Å². The summed E-state index contributed by atoms with van der Waals surface area (Å²) in [5.41, 5.74) is 1.21. The van der Waals surface area contributed by atoms with Crippen LogP contribution in [-0.2, 0) is 6.54 Å². The highest BCUT2D eigenvalue weighted by Crippen LogP contribution is 2.35. The summed E-state index contributed by atoms with van der Waals surface area (Å²) in [6.07, 6.45) is 5.35. The smallest absolute Gasteiger partial charge is 0.231 e. The molecule has 2 aliphatic rings. The highest BCUT2D eigenvalue weighted by Gasteiger charge is 2.19. The Labute approximate surface area is 95.8 Å². The highest BCUT2D eigenvalue weighted by molar-refractivity contribution is 5.48. The van der Waals surface area contributed by atoms with Crippen LogP contribution in [-0.4, -0.2) is 12.8 Å². The van der Waals surface area contributed by atoms with Gasteiger partial charge < -0.3 is 14.8 Å². The molecule has 0 atom stereocenters. The fraction of sp³-hybridized carbons (Fsp3) is 0.538. The molecular weight excluding hydrogens is 202 g/mol. The van der Waals surface area contributed by atoms with Gasteiger partial charge in [-0.2, -0.15) is 0 Å². The quantitative estimate of drug-likeness (QED) is 0.847. The molecule has 0 spiro atoms. The van der Waals surface area contributed by atoms with Crippen molar-refractivity contribution in [1.29, 1.82) is 0 Å². The zero-order chi connectivity index (χ0) is 10.8. The fourth-order valence-electron chi connectivity index (χ4n) is 2.51. The van der Waals surface area contributed by atoms with E-state index in [0.717, 1.165) is 18.0 Å². The van der Waals surface area contributed by atoms with Crippen LogP contribution in [0.5, 0.6) is 11.5 Å². The molecular formula is C13H17NO2. The lowest BCUT2D eigenvalue weighted by Gasteiger charge is -2.12. The number of hydrogen-bond donors (Lipinski definition) is 1. The van der Waals surface area contributed by atoms with Crippen molar-refractivity contribution in [2.75, 3.05) is 6.79 Å². The first-order valence-corrected chi connectivity index (χ1v) is 6.04. The molecule has 0 bridgehead atoms. The van der Waals surface area contributed by atoms with Gasteiger partial charge >= 0.3 is 0 Å². The summed E-state index contributed by atoms with van der Waals surface area (Å²) in [6.45, 7) is 1.24. The Morgan fingerprint density at radius 2 is 2.06 bits per heavy atom. The van der Waals surface area contributed by atoms with Gasteiger partial charge in [0.05, 0.1) is 0 Å². The van der Waals surface area contributed by atoms with Crippen LogP contribution in [0.4, 0.5) is 0 Å². The number of fused-ring (bicyclic) bond motifs is 1. The van der Waals surface area contributed by atoms with Crippen LogP contribution < -0.4 is 14.8 Å². The summed E-state index contributed by atoms with van der Waals surface area (Å²) < 4.78 is 10.8. The lowest BCUT2D eigenvalue weighted by Crippen LogP contribution is -2.25.